The number of nitriles is 1. The number of rotatable bonds is 9. The van der Waals surface area contributed by atoms with Crippen molar-refractivity contribution in [2.75, 3.05) is 23.9 Å². The van der Waals surface area contributed by atoms with E-state index in [1.54, 1.807) is 13.0 Å². The maximum atomic E-state index is 12.4. The number of amides is 1. The molecule has 0 spiro atoms. The lowest BCUT2D eigenvalue weighted by molar-refractivity contribution is -0.112. The lowest BCUT2D eigenvalue weighted by atomic mass is 10.1. The van der Waals surface area contributed by atoms with E-state index in [1.807, 2.05) is 0 Å². The first-order valence-electron chi connectivity index (χ1n) is 8.75. The van der Waals surface area contributed by atoms with Gasteiger partial charge in [0.05, 0.1) is 23.6 Å². The summed E-state index contributed by atoms with van der Waals surface area (Å²) in [5.41, 5.74) is -0.118. The molecule has 0 aliphatic heterocycles. The van der Waals surface area contributed by atoms with Crippen LogP contribution in [0.1, 0.15) is 19.4 Å². The first-order chi connectivity index (χ1) is 14.9. The van der Waals surface area contributed by atoms with Gasteiger partial charge in [-0.1, -0.05) is 29.9 Å². The third kappa shape index (κ3) is 6.63. The molecule has 0 aliphatic rings. The summed E-state index contributed by atoms with van der Waals surface area (Å²) in [6.07, 6.45) is 2.02. The molecular formula is C17H17ClN4O7S3. The molecule has 0 atom stereocenters. The third-order valence-electron chi connectivity index (χ3n) is 3.52. The molecule has 2 rings (SSSR count). The molecule has 32 heavy (non-hydrogen) atoms. The van der Waals surface area contributed by atoms with Gasteiger partial charge in [-0.15, -0.1) is 10.2 Å². The van der Waals surface area contributed by atoms with Crippen LogP contribution in [0.3, 0.4) is 0 Å². The van der Waals surface area contributed by atoms with Crippen LogP contribution in [0.15, 0.2) is 22.0 Å². The molecule has 1 amide bonds. The van der Waals surface area contributed by atoms with Crippen molar-refractivity contribution in [2.45, 2.75) is 18.2 Å². The summed E-state index contributed by atoms with van der Waals surface area (Å²) >= 11 is 6.77. The average Bonchev–Trinajstić information content (AvgIpc) is 3.17. The van der Waals surface area contributed by atoms with Crippen molar-refractivity contribution < 1.29 is 30.6 Å². The van der Waals surface area contributed by atoms with Crippen molar-refractivity contribution in [3.05, 3.63) is 28.3 Å². The first-order valence-corrected chi connectivity index (χ1v) is 13.4. The molecule has 0 aliphatic carbocycles. The number of carbonyl (C=O) groups is 1. The van der Waals surface area contributed by atoms with Crippen LogP contribution in [0.2, 0.25) is 5.02 Å². The molecule has 1 aromatic carbocycles. The highest BCUT2D eigenvalue weighted by molar-refractivity contribution is 7.93. The van der Waals surface area contributed by atoms with Crippen molar-refractivity contribution in [1.82, 2.24) is 10.2 Å². The highest BCUT2D eigenvalue weighted by Crippen LogP contribution is 2.38. The second kappa shape index (κ2) is 10.3. The molecule has 1 heterocycles. The second-order valence-electron chi connectivity index (χ2n) is 5.95. The van der Waals surface area contributed by atoms with Crippen molar-refractivity contribution in [3.63, 3.8) is 0 Å². The Hall–Kier alpha value is -2.73. The lowest BCUT2D eigenvalue weighted by Gasteiger charge is -2.13. The quantitative estimate of drug-likeness (QED) is 0.224. The fourth-order valence-electron chi connectivity index (χ4n) is 2.16. The molecule has 0 radical (unpaired) electrons. The number of hydrogen-bond acceptors (Lipinski definition) is 11. The second-order valence-corrected chi connectivity index (χ2v) is 11.4. The van der Waals surface area contributed by atoms with Gasteiger partial charge in [-0.25, -0.2) is 8.42 Å². The molecule has 1 aromatic heterocycles. The van der Waals surface area contributed by atoms with Crippen LogP contribution in [-0.4, -0.2) is 51.6 Å². The molecular weight excluding hydrogens is 504 g/mol. The lowest BCUT2D eigenvalue weighted by Crippen LogP contribution is -2.13. The maximum absolute atomic E-state index is 12.4. The summed E-state index contributed by atoms with van der Waals surface area (Å²) < 4.78 is 56.5. The first kappa shape index (κ1) is 25.5. The fourth-order valence-corrected chi connectivity index (χ4v) is 4.92. The van der Waals surface area contributed by atoms with Crippen molar-refractivity contribution in [2.24, 2.45) is 0 Å². The number of aromatic nitrogens is 2. The topological polar surface area (TPSA) is 165 Å². The minimum absolute atomic E-state index is 0.00656. The molecule has 0 unspecified atom stereocenters. The molecule has 15 heteroatoms. The summed E-state index contributed by atoms with van der Waals surface area (Å²) in [6, 6.07) is 4.35. The zero-order chi connectivity index (χ0) is 24.1. The number of halogens is 1. The van der Waals surface area contributed by atoms with Crippen LogP contribution in [-0.2, 0) is 24.7 Å². The van der Waals surface area contributed by atoms with Gasteiger partial charge >= 0.3 is 10.1 Å². The van der Waals surface area contributed by atoms with E-state index in [4.69, 9.17) is 20.5 Å². The van der Waals surface area contributed by atoms with Gasteiger partial charge in [-0.2, -0.15) is 13.7 Å². The number of nitrogens with zero attached hydrogens (tertiary/aromatic N) is 3. The van der Waals surface area contributed by atoms with Gasteiger partial charge in [0.1, 0.15) is 11.6 Å². The molecule has 0 saturated heterocycles. The monoisotopic (exact) mass is 520 g/mol. The van der Waals surface area contributed by atoms with Crippen molar-refractivity contribution >= 4 is 60.0 Å². The van der Waals surface area contributed by atoms with E-state index in [9.17, 15) is 26.9 Å². The molecule has 0 bridgehead atoms. The van der Waals surface area contributed by atoms with E-state index in [2.05, 4.69) is 15.5 Å². The summed E-state index contributed by atoms with van der Waals surface area (Å²) in [5.74, 6) is -1.28. The van der Waals surface area contributed by atoms with Gasteiger partial charge in [0.25, 0.3) is 5.91 Å². The van der Waals surface area contributed by atoms with Crippen LogP contribution in [0.25, 0.3) is 6.08 Å². The number of carbonyl (C=O) groups excluding carboxylic acids is 1. The molecule has 0 fully saturated rings. The van der Waals surface area contributed by atoms with Crippen LogP contribution in [0, 0.1) is 11.3 Å². The zero-order valence-electron chi connectivity index (χ0n) is 16.9. The molecule has 11 nitrogen and oxygen atoms in total. The number of ether oxygens (including phenoxy) is 1. The minimum Gasteiger partial charge on any atom is -0.490 e. The van der Waals surface area contributed by atoms with Crippen LogP contribution < -0.4 is 14.2 Å². The summed E-state index contributed by atoms with van der Waals surface area (Å²) in [7, 11) is -7.48. The number of sulfone groups is 1. The predicted molar refractivity (Wildman–Crippen MR) is 118 cm³/mol. The molecule has 0 saturated carbocycles. The largest absolute Gasteiger partial charge is 0.490 e. The summed E-state index contributed by atoms with van der Waals surface area (Å²) in [4.78, 5) is 12.4. The van der Waals surface area contributed by atoms with Gasteiger partial charge in [0.15, 0.2) is 5.75 Å². The number of nitrogens with one attached hydrogen (secondary N) is 1. The smallest absolute Gasteiger partial charge is 0.306 e. The van der Waals surface area contributed by atoms with Gasteiger partial charge in [-0.05, 0) is 30.7 Å². The van der Waals surface area contributed by atoms with Crippen molar-refractivity contribution in [3.8, 4) is 17.6 Å². The zero-order valence-corrected chi connectivity index (χ0v) is 20.2. The third-order valence-corrected chi connectivity index (χ3v) is 7.28. The highest BCUT2D eigenvalue weighted by Gasteiger charge is 2.21. The van der Waals surface area contributed by atoms with Gasteiger partial charge in [0, 0.05) is 0 Å². The number of hydrogen-bond donors (Lipinski definition) is 1. The van der Waals surface area contributed by atoms with E-state index in [0.717, 1.165) is 6.26 Å². The van der Waals surface area contributed by atoms with E-state index in [1.165, 1.54) is 25.1 Å². The Bertz CT molecular complexity index is 1310. The number of benzene rings is 1. The predicted octanol–water partition coefficient (Wildman–Crippen LogP) is 2.27. The van der Waals surface area contributed by atoms with Gasteiger partial charge in [0.2, 0.25) is 25.1 Å². The minimum atomic E-state index is -3.89. The standard InChI is InChI=1S/C17H17ClN4O7S3/c1-4-28-13-8-10(7-12(18)14(13)29-31(3,24)25)6-11(9-19)15(23)20-16-21-22-17(30-16)32(26,27)5-2/h6-8H,4-5H2,1-3H3,(H,20,21,23)/b11-6-. The SMILES string of the molecule is CCOc1cc(/C=C(/C#N)C(=O)Nc2nnc(S(=O)(=O)CC)s2)cc(Cl)c1OS(C)(=O)=O. The maximum Gasteiger partial charge on any atom is 0.306 e. The summed E-state index contributed by atoms with van der Waals surface area (Å²) in [6.45, 7) is 3.26. The number of anilines is 1. The van der Waals surface area contributed by atoms with Gasteiger partial charge < -0.3 is 8.92 Å². The Morgan fingerprint density at radius 2 is 1.97 bits per heavy atom. The van der Waals surface area contributed by atoms with E-state index < -0.39 is 25.9 Å². The van der Waals surface area contributed by atoms with E-state index in [0.29, 0.717) is 11.3 Å². The molecule has 172 valence electrons. The van der Waals surface area contributed by atoms with E-state index >= 15 is 0 Å². The van der Waals surface area contributed by atoms with Crippen LogP contribution >= 0.6 is 22.9 Å². The average molecular weight is 521 g/mol. The summed E-state index contributed by atoms with van der Waals surface area (Å²) in [5, 5.41) is 18.6. The fraction of sp³-hybridized carbons (Fsp3) is 0.294. The Morgan fingerprint density at radius 3 is 2.53 bits per heavy atom. The van der Waals surface area contributed by atoms with Gasteiger partial charge in [-0.3, -0.25) is 10.1 Å². The normalized spacial score (nSPS) is 12.2. The van der Waals surface area contributed by atoms with Crippen LogP contribution in [0.4, 0.5) is 5.13 Å². The van der Waals surface area contributed by atoms with Crippen LogP contribution in [0.5, 0.6) is 11.5 Å². The highest BCUT2D eigenvalue weighted by atomic mass is 35.5. The molecule has 2 aromatic rings. The Labute approximate surface area is 193 Å². The molecule has 1 N–H and O–H groups in total. The van der Waals surface area contributed by atoms with Crippen molar-refractivity contribution in [1.29, 1.82) is 5.26 Å². The Balaban J connectivity index is 2.36. The Morgan fingerprint density at radius 1 is 1.28 bits per heavy atom. The Kier molecular flexibility index (Phi) is 8.18. The van der Waals surface area contributed by atoms with E-state index in [-0.39, 0.29) is 49.5 Å².